The van der Waals surface area contributed by atoms with Crippen LogP contribution < -0.4 is 5.32 Å². The van der Waals surface area contributed by atoms with Crippen molar-refractivity contribution in [3.63, 3.8) is 0 Å². The van der Waals surface area contributed by atoms with E-state index in [1.807, 2.05) is 20.0 Å². The van der Waals surface area contributed by atoms with Gasteiger partial charge in [0.2, 0.25) is 0 Å². The van der Waals surface area contributed by atoms with Gasteiger partial charge in [0.25, 0.3) is 0 Å². The van der Waals surface area contributed by atoms with Gasteiger partial charge in [0.15, 0.2) is 6.19 Å². The van der Waals surface area contributed by atoms with Crippen molar-refractivity contribution in [1.82, 2.24) is 10.2 Å². The third kappa shape index (κ3) is 0.935. The fourth-order valence-corrected chi connectivity index (χ4v) is 0.791. The summed E-state index contributed by atoms with van der Waals surface area (Å²) in [5.74, 6) is 0. The molecule has 2 N–H and O–H groups in total. The summed E-state index contributed by atoms with van der Waals surface area (Å²) in [5, 5.41) is 17.5. The van der Waals surface area contributed by atoms with E-state index in [-0.39, 0.29) is 0 Å². The van der Waals surface area contributed by atoms with Crippen LogP contribution in [0.15, 0.2) is 0 Å². The molecule has 0 bridgehead atoms. The van der Waals surface area contributed by atoms with Crippen molar-refractivity contribution in [2.75, 3.05) is 5.32 Å². The first-order valence-electron chi connectivity index (χ1n) is 2.92. The standard InChI is InChI=1S/C6H8N4/c1-4-6(8-3-7)5(2)10-9-4/h8H,1-2H3,(H,9,10). The third-order valence-electron chi connectivity index (χ3n) is 1.31. The van der Waals surface area contributed by atoms with Gasteiger partial charge in [0, 0.05) is 0 Å². The quantitative estimate of drug-likeness (QED) is 0.445. The lowest BCUT2D eigenvalue weighted by atomic mass is 10.3. The van der Waals surface area contributed by atoms with Gasteiger partial charge in [-0.15, -0.1) is 0 Å². The number of nitrogens with one attached hydrogen (secondary N) is 2. The molecule has 1 rings (SSSR count). The van der Waals surface area contributed by atoms with Crippen molar-refractivity contribution < 1.29 is 0 Å². The van der Waals surface area contributed by atoms with E-state index in [2.05, 4.69) is 15.5 Å². The summed E-state index contributed by atoms with van der Waals surface area (Å²) in [5.41, 5.74) is 2.49. The van der Waals surface area contributed by atoms with Gasteiger partial charge in [0.1, 0.15) is 0 Å². The Balaban J connectivity index is 3.01. The Labute approximate surface area is 58.9 Å². The molecule has 4 nitrogen and oxygen atoms in total. The summed E-state index contributed by atoms with van der Waals surface area (Å²) < 4.78 is 0. The van der Waals surface area contributed by atoms with Crippen LogP contribution in [0.5, 0.6) is 0 Å². The van der Waals surface area contributed by atoms with E-state index in [0.29, 0.717) is 0 Å². The van der Waals surface area contributed by atoms with Crippen LogP contribution in [0.25, 0.3) is 0 Å². The number of rotatable bonds is 1. The second kappa shape index (κ2) is 2.40. The average molecular weight is 136 g/mol. The summed E-state index contributed by atoms with van der Waals surface area (Å²) in [4.78, 5) is 0. The topological polar surface area (TPSA) is 64.5 Å². The summed E-state index contributed by atoms with van der Waals surface area (Å²) in [6.45, 7) is 3.70. The lowest BCUT2D eigenvalue weighted by Gasteiger charge is -1.92. The second-order valence-corrected chi connectivity index (χ2v) is 2.05. The Bertz CT molecular complexity index is 248. The smallest absolute Gasteiger partial charge is 0.181 e. The molecule has 4 heteroatoms. The van der Waals surface area contributed by atoms with Crippen LogP contribution in [0.2, 0.25) is 0 Å². The first-order valence-corrected chi connectivity index (χ1v) is 2.92. The van der Waals surface area contributed by atoms with E-state index in [0.717, 1.165) is 17.1 Å². The highest BCUT2D eigenvalue weighted by Gasteiger charge is 2.02. The van der Waals surface area contributed by atoms with Crippen molar-refractivity contribution in [3.05, 3.63) is 11.4 Å². The molecule has 1 aromatic rings. The molecule has 10 heavy (non-hydrogen) atoms. The van der Waals surface area contributed by atoms with Gasteiger partial charge in [0.05, 0.1) is 17.1 Å². The molecule has 0 aromatic carbocycles. The van der Waals surface area contributed by atoms with Gasteiger partial charge in [-0.05, 0) is 13.8 Å². The molecule has 0 amide bonds. The Morgan fingerprint density at radius 2 is 2.30 bits per heavy atom. The van der Waals surface area contributed by atoms with E-state index in [1.165, 1.54) is 0 Å². The van der Waals surface area contributed by atoms with E-state index >= 15 is 0 Å². The molecule has 1 aromatic heterocycles. The number of nitrogens with zero attached hydrogens (tertiary/aromatic N) is 2. The van der Waals surface area contributed by atoms with Crippen LogP contribution in [0.4, 0.5) is 5.69 Å². The Morgan fingerprint density at radius 3 is 2.70 bits per heavy atom. The van der Waals surface area contributed by atoms with E-state index < -0.39 is 0 Å². The Morgan fingerprint density at radius 1 is 1.60 bits per heavy atom. The van der Waals surface area contributed by atoms with Crippen molar-refractivity contribution in [2.24, 2.45) is 0 Å². The maximum absolute atomic E-state index is 8.28. The van der Waals surface area contributed by atoms with Gasteiger partial charge in [-0.1, -0.05) is 0 Å². The molecule has 0 atom stereocenters. The second-order valence-electron chi connectivity index (χ2n) is 2.05. The average Bonchev–Trinajstić information content (AvgIpc) is 2.20. The Hall–Kier alpha value is -1.50. The van der Waals surface area contributed by atoms with Crippen LogP contribution in [0.3, 0.4) is 0 Å². The number of H-pyrrole nitrogens is 1. The number of aryl methyl sites for hydroxylation is 2. The normalized spacial score (nSPS) is 8.90. The predicted molar refractivity (Wildman–Crippen MR) is 37.3 cm³/mol. The highest BCUT2D eigenvalue weighted by Crippen LogP contribution is 2.14. The fraction of sp³-hybridized carbons (Fsp3) is 0.333. The Kier molecular flexibility index (Phi) is 1.59. The first-order chi connectivity index (χ1) is 4.75. The number of hydrogen-bond acceptors (Lipinski definition) is 3. The minimum atomic E-state index is 0.780. The van der Waals surface area contributed by atoms with Crippen LogP contribution >= 0.6 is 0 Å². The van der Waals surface area contributed by atoms with Crippen LogP contribution in [-0.2, 0) is 0 Å². The highest BCUT2D eigenvalue weighted by molar-refractivity contribution is 5.53. The lowest BCUT2D eigenvalue weighted by Crippen LogP contribution is -1.89. The molecule has 0 aliphatic rings. The molecular formula is C6H8N4. The van der Waals surface area contributed by atoms with Crippen molar-refractivity contribution in [1.29, 1.82) is 5.26 Å². The maximum Gasteiger partial charge on any atom is 0.181 e. The zero-order valence-corrected chi connectivity index (χ0v) is 5.89. The van der Waals surface area contributed by atoms with Crippen molar-refractivity contribution >= 4 is 5.69 Å². The molecule has 0 aliphatic carbocycles. The number of aromatic amines is 1. The SMILES string of the molecule is Cc1n[nH]c(C)c1NC#N. The lowest BCUT2D eigenvalue weighted by molar-refractivity contribution is 1.02. The maximum atomic E-state index is 8.28. The highest BCUT2D eigenvalue weighted by atomic mass is 15.1. The number of hydrogen-bond donors (Lipinski definition) is 2. The van der Waals surface area contributed by atoms with Gasteiger partial charge in [-0.2, -0.15) is 10.4 Å². The number of nitriles is 1. The summed E-state index contributed by atoms with van der Waals surface area (Å²) in [6, 6.07) is 0. The van der Waals surface area contributed by atoms with Gasteiger partial charge in [-0.3, -0.25) is 10.4 Å². The minimum absolute atomic E-state index is 0.780. The molecule has 0 saturated carbocycles. The van der Waals surface area contributed by atoms with Crippen LogP contribution in [-0.4, -0.2) is 10.2 Å². The molecular weight excluding hydrogens is 128 g/mol. The van der Waals surface area contributed by atoms with Crippen LogP contribution in [0, 0.1) is 25.3 Å². The number of anilines is 1. The molecule has 52 valence electrons. The van der Waals surface area contributed by atoms with Crippen molar-refractivity contribution in [2.45, 2.75) is 13.8 Å². The summed E-state index contributed by atoms with van der Waals surface area (Å²) in [6.07, 6.45) is 1.84. The largest absolute Gasteiger partial charge is 0.289 e. The van der Waals surface area contributed by atoms with Crippen LogP contribution in [0.1, 0.15) is 11.4 Å². The fourth-order valence-electron chi connectivity index (χ4n) is 0.791. The van der Waals surface area contributed by atoms with E-state index in [4.69, 9.17) is 5.26 Å². The van der Waals surface area contributed by atoms with Gasteiger partial charge < -0.3 is 0 Å². The first kappa shape index (κ1) is 6.62. The summed E-state index contributed by atoms with van der Waals surface area (Å²) in [7, 11) is 0. The van der Waals surface area contributed by atoms with Gasteiger partial charge >= 0.3 is 0 Å². The molecule has 0 radical (unpaired) electrons. The molecule has 0 saturated heterocycles. The third-order valence-corrected chi connectivity index (χ3v) is 1.31. The predicted octanol–water partition coefficient (Wildman–Crippen LogP) is 0.920. The van der Waals surface area contributed by atoms with Crippen molar-refractivity contribution in [3.8, 4) is 6.19 Å². The zero-order valence-electron chi connectivity index (χ0n) is 5.89. The molecule has 0 unspecified atom stereocenters. The molecule has 0 aliphatic heterocycles. The minimum Gasteiger partial charge on any atom is -0.289 e. The molecule has 0 spiro atoms. The number of aromatic nitrogens is 2. The van der Waals surface area contributed by atoms with Gasteiger partial charge in [-0.25, -0.2) is 0 Å². The molecule has 0 fully saturated rings. The van der Waals surface area contributed by atoms with E-state index in [1.54, 1.807) is 0 Å². The zero-order chi connectivity index (χ0) is 7.56. The van der Waals surface area contributed by atoms with E-state index in [9.17, 15) is 0 Å². The summed E-state index contributed by atoms with van der Waals surface area (Å²) >= 11 is 0. The monoisotopic (exact) mass is 136 g/mol. The molecule has 1 heterocycles.